The van der Waals surface area contributed by atoms with E-state index in [2.05, 4.69) is 0 Å². The molecule has 3 nitrogen and oxygen atoms in total. The molecule has 0 radical (unpaired) electrons. The first-order chi connectivity index (χ1) is 17.4. The standard InChI is InChI=1S/C29H28F4O3/c1-3-5-15-34-24-14-13-22(26(31)28(24)33)20-9-7-19(8-10-20)21-11-12-23(27(32)25(21)30)29-35-16-18(6-4-2)17-36-29/h4,6-14,18,29H,3,5,15-17H2,1-2H3. The molecular weight excluding hydrogens is 472 g/mol. The van der Waals surface area contributed by atoms with Crippen LogP contribution in [0.1, 0.15) is 38.5 Å². The van der Waals surface area contributed by atoms with Gasteiger partial charge in [0.2, 0.25) is 5.82 Å². The molecule has 1 saturated heterocycles. The van der Waals surface area contributed by atoms with Crippen molar-refractivity contribution in [3.63, 3.8) is 0 Å². The zero-order valence-electron chi connectivity index (χ0n) is 20.2. The largest absolute Gasteiger partial charge is 0.490 e. The van der Waals surface area contributed by atoms with Gasteiger partial charge in [-0.2, -0.15) is 4.39 Å². The van der Waals surface area contributed by atoms with Crippen molar-refractivity contribution >= 4 is 0 Å². The zero-order valence-corrected chi connectivity index (χ0v) is 20.2. The van der Waals surface area contributed by atoms with E-state index in [1.807, 2.05) is 26.0 Å². The van der Waals surface area contributed by atoms with Crippen LogP contribution in [0.15, 0.2) is 60.7 Å². The summed E-state index contributed by atoms with van der Waals surface area (Å²) in [6.07, 6.45) is 4.46. The van der Waals surface area contributed by atoms with Gasteiger partial charge in [-0.05, 0) is 36.6 Å². The first kappa shape index (κ1) is 25.9. The quantitative estimate of drug-likeness (QED) is 0.178. The predicted octanol–water partition coefficient (Wildman–Crippen LogP) is 7.99. The third kappa shape index (κ3) is 5.47. The van der Waals surface area contributed by atoms with Crippen molar-refractivity contribution < 1.29 is 31.8 Å². The number of rotatable bonds is 8. The highest BCUT2D eigenvalue weighted by Gasteiger charge is 2.27. The molecule has 0 amide bonds. The van der Waals surface area contributed by atoms with Crippen LogP contribution in [-0.2, 0) is 9.47 Å². The Bertz CT molecular complexity index is 1220. The Hall–Kier alpha value is -3.16. The molecule has 1 heterocycles. The second kappa shape index (κ2) is 11.7. The van der Waals surface area contributed by atoms with Gasteiger partial charge in [0, 0.05) is 22.6 Å². The van der Waals surface area contributed by atoms with E-state index in [4.69, 9.17) is 14.2 Å². The van der Waals surface area contributed by atoms with Crippen molar-refractivity contribution in [2.24, 2.45) is 5.92 Å². The van der Waals surface area contributed by atoms with E-state index < -0.39 is 29.6 Å². The average Bonchev–Trinajstić information content (AvgIpc) is 2.89. The molecule has 0 atom stereocenters. The SMILES string of the molecule is CC=CC1COC(c2ccc(-c3ccc(-c4ccc(OCCCC)c(F)c4F)cc3)c(F)c2F)OC1. The van der Waals surface area contributed by atoms with Gasteiger partial charge in [-0.3, -0.25) is 0 Å². The molecule has 1 aliphatic heterocycles. The molecule has 190 valence electrons. The predicted molar refractivity (Wildman–Crippen MR) is 130 cm³/mol. The summed E-state index contributed by atoms with van der Waals surface area (Å²) < 4.78 is 75.5. The van der Waals surface area contributed by atoms with Crippen LogP contribution in [0, 0.1) is 29.2 Å². The van der Waals surface area contributed by atoms with E-state index in [0.717, 1.165) is 12.8 Å². The summed E-state index contributed by atoms with van der Waals surface area (Å²) in [6.45, 7) is 4.87. The number of allylic oxidation sites excluding steroid dienone is 1. The third-order valence-electron chi connectivity index (χ3n) is 6.06. The molecule has 1 fully saturated rings. The Morgan fingerprint density at radius 3 is 1.97 bits per heavy atom. The maximum Gasteiger partial charge on any atom is 0.201 e. The molecule has 0 unspecified atom stereocenters. The number of benzene rings is 3. The Morgan fingerprint density at radius 2 is 1.39 bits per heavy atom. The van der Waals surface area contributed by atoms with Gasteiger partial charge in [0.15, 0.2) is 29.5 Å². The molecule has 36 heavy (non-hydrogen) atoms. The van der Waals surface area contributed by atoms with Crippen molar-refractivity contribution in [1.82, 2.24) is 0 Å². The van der Waals surface area contributed by atoms with Crippen LogP contribution >= 0.6 is 0 Å². The molecule has 4 rings (SSSR count). The molecule has 0 aromatic heterocycles. The van der Waals surface area contributed by atoms with Crippen LogP contribution in [-0.4, -0.2) is 19.8 Å². The van der Waals surface area contributed by atoms with Crippen molar-refractivity contribution in [1.29, 1.82) is 0 Å². The van der Waals surface area contributed by atoms with Crippen LogP contribution in [0.2, 0.25) is 0 Å². The lowest BCUT2D eigenvalue weighted by Crippen LogP contribution is -2.26. The van der Waals surface area contributed by atoms with Crippen LogP contribution in [0.4, 0.5) is 17.6 Å². The first-order valence-electron chi connectivity index (χ1n) is 12.0. The molecule has 0 spiro atoms. The van der Waals surface area contributed by atoms with E-state index in [1.165, 1.54) is 48.5 Å². The van der Waals surface area contributed by atoms with Crippen LogP contribution < -0.4 is 4.74 Å². The van der Waals surface area contributed by atoms with Gasteiger partial charge in [0.1, 0.15) is 0 Å². The maximum atomic E-state index is 15.0. The van der Waals surface area contributed by atoms with Crippen molar-refractivity contribution in [3.05, 3.63) is 89.5 Å². The lowest BCUT2D eigenvalue weighted by atomic mass is 9.98. The fourth-order valence-corrected chi connectivity index (χ4v) is 4.07. The van der Waals surface area contributed by atoms with Crippen molar-refractivity contribution in [3.8, 4) is 28.0 Å². The minimum Gasteiger partial charge on any atom is -0.490 e. The Kier molecular flexibility index (Phi) is 8.44. The Balaban J connectivity index is 1.53. The second-order valence-electron chi connectivity index (χ2n) is 8.63. The fourth-order valence-electron chi connectivity index (χ4n) is 4.07. The van der Waals surface area contributed by atoms with Crippen LogP contribution in [0.5, 0.6) is 5.75 Å². The third-order valence-corrected chi connectivity index (χ3v) is 6.06. The highest BCUT2D eigenvalue weighted by molar-refractivity contribution is 5.71. The number of ether oxygens (including phenoxy) is 3. The summed E-state index contributed by atoms with van der Waals surface area (Å²) in [5.74, 6) is -4.23. The van der Waals surface area contributed by atoms with Crippen molar-refractivity contribution in [2.75, 3.05) is 19.8 Å². The number of hydrogen-bond acceptors (Lipinski definition) is 3. The van der Waals surface area contributed by atoms with E-state index in [9.17, 15) is 17.6 Å². The molecule has 0 saturated carbocycles. The molecule has 0 aliphatic carbocycles. The molecule has 1 aliphatic rings. The second-order valence-corrected chi connectivity index (χ2v) is 8.63. The van der Waals surface area contributed by atoms with Gasteiger partial charge < -0.3 is 14.2 Å². The topological polar surface area (TPSA) is 27.7 Å². The van der Waals surface area contributed by atoms with E-state index in [0.29, 0.717) is 30.9 Å². The summed E-state index contributed by atoms with van der Waals surface area (Å²) in [5.41, 5.74) is 0.863. The van der Waals surface area contributed by atoms with Crippen LogP contribution in [0.3, 0.4) is 0 Å². The monoisotopic (exact) mass is 500 g/mol. The Morgan fingerprint density at radius 1 is 0.806 bits per heavy atom. The van der Waals surface area contributed by atoms with Gasteiger partial charge in [0.25, 0.3) is 0 Å². The molecule has 3 aromatic carbocycles. The minimum absolute atomic E-state index is 0.00871. The highest BCUT2D eigenvalue weighted by Crippen LogP contribution is 2.35. The summed E-state index contributed by atoms with van der Waals surface area (Å²) in [4.78, 5) is 0. The number of halogens is 4. The summed E-state index contributed by atoms with van der Waals surface area (Å²) in [5, 5.41) is 0. The first-order valence-corrected chi connectivity index (χ1v) is 12.0. The lowest BCUT2D eigenvalue weighted by molar-refractivity contribution is -0.199. The Labute approximate surface area is 208 Å². The van der Waals surface area contributed by atoms with Gasteiger partial charge in [-0.15, -0.1) is 0 Å². The lowest BCUT2D eigenvalue weighted by Gasteiger charge is -2.28. The smallest absolute Gasteiger partial charge is 0.201 e. The van der Waals surface area contributed by atoms with E-state index in [1.54, 1.807) is 0 Å². The maximum absolute atomic E-state index is 15.0. The average molecular weight is 501 g/mol. The minimum atomic E-state index is -1.06. The molecule has 0 bridgehead atoms. The summed E-state index contributed by atoms with van der Waals surface area (Å²) in [7, 11) is 0. The van der Waals surface area contributed by atoms with E-state index >= 15 is 0 Å². The van der Waals surface area contributed by atoms with Gasteiger partial charge >= 0.3 is 0 Å². The fraction of sp³-hybridized carbons (Fsp3) is 0.310. The molecule has 7 heteroatoms. The van der Waals surface area contributed by atoms with Gasteiger partial charge in [-0.1, -0.05) is 61.9 Å². The van der Waals surface area contributed by atoms with Gasteiger partial charge in [-0.25, -0.2) is 13.2 Å². The van der Waals surface area contributed by atoms with Crippen molar-refractivity contribution in [2.45, 2.75) is 33.0 Å². The number of unbranched alkanes of at least 4 members (excludes halogenated alkanes) is 1. The highest BCUT2D eigenvalue weighted by atomic mass is 19.2. The molecule has 3 aromatic rings. The van der Waals surface area contributed by atoms with E-state index in [-0.39, 0.29) is 28.4 Å². The van der Waals surface area contributed by atoms with Crippen LogP contribution in [0.25, 0.3) is 22.3 Å². The van der Waals surface area contributed by atoms with Gasteiger partial charge in [0.05, 0.1) is 19.8 Å². The summed E-state index contributed by atoms with van der Waals surface area (Å²) in [6, 6.07) is 11.9. The molecular formula is C29H28F4O3. The zero-order chi connectivity index (χ0) is 25.7. The number of hydrogen-bond donors (Lipinski definition) is 0. The summed E-state index contributed by atoms with van der Waals surface area (Å²) >= 11 is 0. The molecule has 0 N–H and O–H groups in total. The normalized spacial score (nSPS) is 18.1.